The Labute approximate surface area is 135 Å². The number of hydrogen-bond donors (Lipinski definition) is 1. The average molecular weight is 315 g/mol. The van der Waals surface area contributed by atoms with Crippen LogP contribution in [0.15, 0.2) is 42.5 Å². The molecule has 0 radical (unpaired) electrons. The standard InChI is InChI=1S/C18H19ClN2O/c1-12-10-14-6-3-4-9-17(14)21(12)18(22)11-20-16-8-5-7-15(19)13(16)2/h3-9,12,20H,10-11H2,1-2H3. The SMILES string of the molecule is Cc1c(Cl)cccc1NCC(=O)N1c2ccccc2CC1C. The van der Waals surface area contributed by atoms with Crippen LogP contribution in [0.3, 0.4) is 0 Å². The number of nitrogens with one attached hydrogen (secondary N) is 1. The van der Waals surface area contributed by atoms with Crippen molar-refractivity contribution in [2.75, 3.05) is 16.8 Å². The second-order valence-corrected chi connectivity index (χ2v) is 6.12. The second kappa shape index (κ2) is 6.01. The van der Waals surface area contributed by atoms with E-state index < -0.39 is 0 Å². The van der Waals surface area contributed by atoms with Crippen molar-refractivity contribution in [3.8, 4) is 0 Å². The van der Waals surface area contributed by atoms with Crippen molar-refractivity contribution < 1.29 is 4.79 Å². The summed E-state index contributed by atoms with van der Waals surface area (Å²) in [5, 5.41) is 3.91. The van der Waals surface area contributed by atoms with Crippen LogP contribution in [-0.4, -0.2) is 18.5 Å². The summed E-state index contributed by atoms with van der Waals surface area (Å²) in [6.45, 7) is 4.30. The Balaban J connectivity index is 1.74. The Kier molecular flexibility index (Phi) is 4.08. The molecule has 0 saturated heterocycles. The van der Waals surface area contributed by atoms with E-state index in [-0.39, 0.29) is 18.5 Å². The topological polar surface area (TPSA) is 32.3 Å². The molecule has 0 spiro atoms. The summed E-state index contributed by atoms with van der Waals surface area (Å²) in [4.78, 5) is 14.5. The van der Waals surface area contributed by atoms with Gasteiger partial charge in [-0.15, -0.1) is 0 Å². The van der Waals surface area contributed by atoms with Crippen molar-refractivity contribution in [1.82, 2.24) is 0 Å². The van der Waals surface area contributed by atoms with E-state index in [1.165, 1.54) is 5.56 Å². The highest BCUT2D eigenvalue weighted by Crippen LogP contribution is 2.32. The molecule has 0 aliphatic carbocycles. The zero-order valence-electron chi connectivity index (χ0n) is 12.8. The van der Waals surface area contributed by atoms with Gasteiger partial charge in [0.05, 0.1) is 6.54 Å². The highest BCUT2D eigenvalue weighted by atomic mass is 35.5. The smallest absolute Gasteiger partial charge is 0.246 e. The number of amides is 1. The molecule has 114 valence electrons. The van der Waals surface area contributed by atoms with Gasteiger partial charge in [0.15, 0.2) is 0 Å². The van der Waals surface area contributed by atoms with Gasteiger partial charge in [0, 0.05) is 22.4 Å². The molecule has 0 fully saturated rings. The van der Waals surface area contributed by atoms with Crippen LogP contribution in [0.5, 0.6) is 0 Å². The third-order valence-corrected chi connectivity index (χ3v) is 4.58. The zero-order chi connectivity index (χ0) is 15.7. The molecule has 1 amide bonds. The maximum atomic E-state index is 12.6. The summed E-state index contributed by atoms with van der Waals surface area (Å²) in [5.41, 5.74) is 4.14. The van der Waals surface area contributed by atoms with Crippen LogP contribution in [0.1, 0.15) is 18.1 Å². The number of nitrogens with zero attached hydrogens (tertiary/aromatic N) is 1. The molecule has 0 saturated carbocycles. The molecule has 1 atom stereocenters. The van der Waals surface area contributed by atoms with Gasteiger partial charge < -0.3 is 10.2 Å². The lowest BCUT2D eigenvalue weighted by atomic mass is 10.1. The van der Waals surface area contributed by atoms with E-state index in [4.69, 9.17) is 11.6 Å². The summed E-state index contributed by atoms with van der Waals surface area (Å²) in [6.07, 6.45) is 0.915. The first-order chi connectivity index (χ1) is 10.6. The number of para-hydroxylation sites is 1. The average Bonchev–Trinajstić information content (AvgIpc) is 2.84. The molecule has 2 aromatic rings. The van der Waals surface area contributed by atoms with E-state index in [9.17, 15) is 4.79 Å². The maximum absolute atomic E-state index is 12.6. The number of fused-ring (bicyclic) bond motifs is 1. The van der Waals surface area contributed by atoms with Crippen LogP contribution < -0.4 is 10.2 Å². The third-order valence-electron chi connectivity index (χ3n) is 4.17. The first-order valence-corrected chi connectivity index (χ1v) is 7.84. The first kappa shape index (κ1) is 14.9. The Morgan fingerprint density at radius 2 is 2.05 bits per heavy atom. The highest BCUT2D eigenvalue weighted by molar-refractivity contribution is 6.31. The van der Waals surface area contributed by atoms with Crippen molar-refractivity contribution in [2.24, 2.45) is 0 Å². The molecule has 22 heavy (non-hydrogen) atoms. The minimum atomic E-state index is 0.0804. The van der Waals surface area contributed by atoms with Crippen LogP contribution in [0, 0.1) is 6.92 Å². The van der Waals surface area contributed by atoms with Gasteiger partial charge in [-0.3, -0.25) is 4.79 Å². The largest absolute Gasteiger partial charge is 0.376 e. The van der Waals surface area contributed by atoms with Crippen LogP contribution in [0.25, 0.3) is 0 Å². The molecule has 0 bridgehead atoms. The number of carbonyl (C=O) groups is 1. The lowest BCUT2D eigenvalue weighted by molar-refractivity contribution is -0.117. The maximum Gasteiger partial charge on any atom is 0.246 e. The number of hydrogen-bond acceptors (Lipinski definition) is 2. The zero-order valence-corrected chi connectivity index (χ0v) is 13.5. The molecular weight excluding hydrogens is 296 g/mol. The van der Waals surface area contributed by atoms with Gasteiger partial charge in [0.25, 0.3) is 0 Å². The van der Waals surface area contributed by atoms with Gasteiger partial charge in [-0.2, -0.15) is 0 Å². The van der Waals surface area contributed by atoms with Crippen LogP contribution in [-0.2, 0) is 11.2 Å². The van der Waals surface area contributed by atoms with Gasteiger partial charge in [-0.25, -0.2) is 0 Å². The predicted molar refractivity (Wildman–Crippen MR) is 91.8 cm³/mol. The summed E-state index contributed by atoms with van der Waals surface area (Å²) < 4.78 is 0. The van der Waals surface area contributed by atoms with Gasteiger partial charge in [-0.1, -0.05) is 35.9 Å². The molecule has 1 aliphatic rings. The van der Waals surface area contributed by atoms with Crippen LogP contribution >= 0.6 is 11.6 Å². The minimum absolute atomic E-state index is 0.0804. The number of anilines is 2. The predicted octanol–water partition coefficient (Wildman–Crippen LogP) is 4.04. The normalized spacial score (nSPS) is 16.5. The van der Waals surface area contributed by atoms with E-state index in [0.717, 1.165) is 23.4 Å². The molecule has 3 nitrogen and oxygen atoms in total. The fourth-order valence-electron chi connectivity index (χ4n) is 3.00. The summed E-state index contributed by atoms with van der Waals surface area (Å²) in [6, 6.07) is 14.0. The fraction of sp³-hybridized carbons (Fsp3) is 0.278. The molecule has 0 aromatic heterocycles. The molecular formula is C18H19ClN2O. The van der Waals surface area contributed by atoms with Crippen LogP contribution in [0.2, 0.25) is 5.02 Å². The number of halogens is 1. The molecule has 4 heteroatoms. The summed E-state index contributed by atoms with van der Waals surface area (Å²) in [7, 11) is 0. The summed E-state index contributed by atoms with van der Waals surface area (Å²) in [5.74, 6) is 0.0804. The molecule has 2 aromatic carbocycles. The van der Waals surface area contributed by atoms with Crippen molar-refractivity contribution in [1.29, 1.82) is 0 Å². The Bertz CT molecular complexity index is 714. The fourth-order valence-corrected chi connectivity index (χ4v) is 3.18. The monoisotopic (exact) mass is 314 g/mol. The van der Waals surface area contributed by atoms with E-state index in [0.29, 0.717) is 5.02 Å². The van der Waals surface area contributed by atoms with Gasteiger partial charge in [0.2, 0.25) is 5.91 Å². The quantitative estimate of drug-likeness (QED) is 0.927. The van der Waals surface area contributed by atoms with Gasteiger partial charge in [-0.05, 0) is 49.6 Å². The second-order valence-electron chi connectivity index (χ2n) is 5.71. The first-order valence-electron chi connectivity index (χ1n) is 7.47. The van der Waals surface area contributed by atoms with Crippen molar-refractivity contribution in [3.63, 3.8) is 0 Å². The van der Waals surface area contributed by atoms with Crippen molar-refractivity contribution in [2.45, 2.75) is 26.3 Å². The summed E-state index contributed by atoms with van der Waals surface area (Å²) >= 11 is 6.11. The van der Waals surface area contributed by atoms with Gasteiger partial charge >= 0.3 is 0 Å². The Morgan fingerprint density at radius 3 is 2.86 bits per heavy atom. The van der Waals surface area contributed by atoms with E-state index >= 15 is 0 Å². The van der Waals surface area contributed by atoms with E-state index in [1.54, 1.807) is 0 Å². The lowest BCUT2D eigenvalue weighted by Gasteiger charge is -2.23. The number of carbonyl (C=O) groups excluding carboxylic acids is 1. The number of rotatable bonds is 3. The number of benzene rings is 2. The van der Waals surface area contributed by atoms with E-state index in [2.05, 4.69) is 18.3 Å². The van der Waals surface area contributed by atoms with Crippen molar-refractivity contribution >= 4 is 28.9 Å². The lowest BCUT2D eigenvalue weighted by Crippen LogP contribution is -2.39. The molecule has 1 unspecified atom stereocenters. The van der Waals surface area contributed by atoms with Gasteiger partial charge in [0.1, 0.15) is 0 Å². The molecule has 1 N–H and O–H groups in total. The molecule has 3 rings (SSSR count). The highest BCUT2D eigenvalue weighted by Gasteiger charge is 2.30. The van der Waals surface area contributed by atoms with E-state index in [1.807, 2.05) is 48.2 Å². The Hall–Kier alpha value is -2.00. The Morgan fingerprint density at radius 1 is 1.27 bits per heavy atom. The molecule has 1 heterocycles. The van der Waals surface area contributed by atoms with Crippen molar-refractivity contribution in [3.05, 3.63) is 58.6 Å². The molecule has 1 aliphatic heterocycles. The van der Waals surface area contributed by atoms with Crippen LogP contribution in [0.4, 0.5) is 11.4 Å². The minimum Gasteiger partial charge on any atom is -0.376 e. The third kappa shape index (κ3) is 2.69.